The number of anilines is 1. The summed E-state index contributed by atoms with van der Waals surface area (Å²) in [7, 11) is 0. The van der Waals surface area contributed by atoms with Gasteiger partial charge in [-0.2, -0.15) is 0 Å². The fourth-order valence-corrected chi connectivity index (χ4v) is 2.68. The number of aliphatic hydroxyl groups excluding tert-OH is 1. The lowest BCUT2D eigenvalue weighted by molar-refractivity contribution is 0.199. The monoisotopic (exact) mass is 234 g/mol. The van der Waals surface area contributed by atoms with Crippen molar-refractivity contribution in [3.8, 4) is 0 Å². The first kappa shape index (κ1) is 12.4. The molecular formula is C14H22N2O. The summed E-state index contributed by atoms with van der Waals surface area (Å²) in [6, 6.07) is 5.21. The lowest BCUT2D eigenvalue weighted by atomic mass is 10.1. The van der Waals surface area contributed by atoms with Gasteiger partial charge in [-0.1, -0.05) is 13.0 Å². The first-order chi connectivity index (χ1) is 8.13. The predicted octanol–water partition coefficient (Wildman–Crippen LogP) is 2.90. The van der Waals surface area contributed by atoms with Crippen LogP contribution in [-0.4, -0.2) is 22.2 Å². The lowest BCUT2D eigenvalue weighted by Gasteiger charge is -2.29. The smallest absolute Gasteiger partial charge is 0.128 e. The minimum atomic E-state index is -0.436. The Kier molecular flexibility index (Phi) is 3.67. The summed E-state index contributed by atoms with van der Waals surface area (Å²) in [5.74, 6) is 1.05. The molecule has 1 aliphatic rings. The van der Waals surface area contributed by atoms with Gasteiger partial charge < -0.3 is 10.0 Å². The molecule has 94 valence electrons. The Hall–Kier alpha value is -1.09. The summed E-state index contributed by atoms with van der Waals surface area (Å²) < 4.78 is 0. The van der Waals surface area contributed by atoms with Crippen molar-refractivity contribution < 1.29 is 5.11 Å². The van der Waals surface area contributed by atoms with E-state index in [1.54, 1.807) is 13.1 Å². The van der Waals surface area contributed by atoms with E-state index in [0.29, 0.717) is 12.1 Å². The predicted molar refractivity (Wildman–Crippen MR) is 70.1 cm³/mol. The van der Waals surface area contributed by atoms with Gasteiger partial charge in [0.25, 0.3) is 0 Å². The maximum atomic E-state index is 9.48. The van der Waals surface area contributed by atoms with Crippen molar-refractivity contribution in [1.82, 2.24) is 4.98 Å². The third kappa shape index (κ3) is 2.44. The summed E-state index contributed by atoms with van der Waals surface area (Å²) >= 11 is 0. The van der Waals surface area contributed by atoms with E-state index in [0.717, 1.165) is 11.4 Å². The Morgan fingerprint density at radius 3 is 2.76 bits per heavy atom. The van der Waals surface area contributed by atoms with E-state index in [9.17, 15) is 5.11 Å². The Labute approximate surface area is 103 Å². The third-order valence-corrected chi connectivity index (χ3v) is 3.77. The van der Waals surface area contributed by atoms with E-state index in [4.69, 9.17) is 0 Å². The van der Waals surface area contributed by atoms with Crippen molar-refractivity contribution in [2.45, 2.75) is 58.2 Å². The molecule has 0 aliphatic carbocycles. The Morgan fingerprint density at radius 2 is 2.24 bits per heavy atom. The molecule has 3 heteroatoms. The van der Waals surface area contributed by atoms with Gasteiger partial charge in [0.1, 0.15) is 5.82 Å². The molecule has 1 saturated heterocycles. The maximum absolute atomic E-state index is 9.48. The largest absolute Gasteiger partial charge is 0.389 e. The summed E-state index contributed by atoms with van der Waals surface area (Å²) in [6.45, 7) is 6.27. The van der Waals surface area contributed by atoms with E-state index in [1.807, 2.05) is 12.1 Å². The average Bonchev–Trinajstić information content (AvgIpc) is 2.70. The molecule has 0 spiro atoms. The first-order valence-electron chi connectivity index (χ1n) is 6.55. The third-order valence-electron chi connectivity index (χ3n) is 3.77. The molecule has 3 unspecified atom stereocenters. The first-order valence-corrected chi connectivity index (χ1v) is 6.55. The van der Waals surface area contributed by atoms with Crippen LogP contribution in [-0.2, 0) is 0 Å². The summed E-state index contributed by atoms with van der Waals surface area (Å²) in [5, 5.41) is 9.48. The van der Waals surface area contributed by atoms with Crippen LogP contribution in [0.15, 0.2) is 18.3 Å². The fourth-order valence-electron chi connectivity index (χ4n) is 2.68. The molecule has 0 radical (unpaired) electrons. The van der Waals surface area contributed by atoms with Gasteiger partial charge >= 0.3 is 0 Å². The normalized spacial score (nSPS) is 26.2. The van der Waals surface area contributed by atoms with Crippen molar-refractivity contribution in [2.75, 3.05) is 4.90 Å². The van der Waals surface area contributed by atoms with Crippen molar-refractivity contribution in [2.24, 2.45) is 0 Å². The highest BCUT2D eigenvalue weighted by Gasteiger charge is 2.30. The number of rotatable bonds is 3. The summed E-state index contributed by atoms with van der Waals surface area (Å²) in [6.07, 6.45) is 5.03. The van der Waals surface area contributed by atoms with Crippen LogP contribution in [0.5, 0.6) is 0 Å². The van der Waals surface area contributed by atoms with Gasteiger partial charge in [-0.3, -0.25) is 0 Å². The number of aliphatic hydroxyl groups is 1. The SMILES string of the molecule is CCC1CCC(C)N1c1ccc(C(C)O)cn1. The van der Waals surface area contributed by atoms with Gasteiger partial charge in [-0.05, 0) is 44.7 Å². The molecule has 1 aromatic heterocycles. The molecule has 0 amide bonds. The zero-order valence-electron chi connectivity index (χ0n) is 10.9. The minimum absolute atomic E-state index is 0.436. The zero-order valence-corrected chi connectivity index (χ0v) is 10.9. The van der Waals surface area contributed by atoms with Gasteiger partial charge in [0.2, 0.25) is 0 Å². The van der Waals surface area contributed by atoms with Crippen LogP contribution < -0.4 is 4.90 Å². The van der Waals surface area contributed by atoms with Crippen LogP contribution in [0.2, 0.25) is 0 Å². The molecule has 2 rings (SSSR count). The molecule has 1 fully saturated rings. The molecule has 3 atom stereocenters. The molecule has 1 N–H and O–H groups in total. The number of aromatic nitrogens is 1. The van der Waals surface area contributed by atoms with Crippen LogP contribution in [0.3, 0.4) is 0 Å². The van der Waals surface area contributed by atoms with Gasteiger partial charge in [-0.15, -0.1) is 0 Å². The second kappa shape index (κ2) is 5.05. The Balaban J connectivity index is 2.21. The van der Waals surface area contributed by atoms with E-state index in [2.05, 4.69) is 23.7 Å². The number of nitrogens with zero attached hydrogens (tertiary/aromatic N) is 2. The van der Waals surface area contributed by atoms with Crippen molar-refractivity contribution in [3.05, 3.63) is 23.9 Å². The minimum Gasteiger partial charge on any atom is -0.389 e. The topological polar surface area (TPSA) is 36.4 Å². The lowest BCUT2D eigenvalue weighted by Crippen LogP contribution is -2.34. The number of hydrogen-bond acceptors (Lipinski definition) is 3. The van der Waals surface area contributed by atoms with Crippen LogP contribution >= 0.6 is 0 Å². The van der Waals surface area contributed by atoms with Gasteiger partial charge in [0.05, 0.1) is 6.10 Å². The molecule has 3 nitrogen and oxygen atoms in total. The average molecular weight is 234 g/mol. The van der Waals surface area contributed by atoms with Crippen LogP contribution in [0, 0.1) is 0 Å². The molecule has 1 aromatic rings. The van der Waals surface area contributed by atoms with E-state index >= 15 is 0 Å². The van der Waals surface area contributed by atoms with E-state index in [-0.39, 0.29) is 0 Å². The molecule has 0 aromatic carbocycles. The second-order valence-corrected chi connectivity index (χ2v) is 5.02. The zero-order chi connectivity index (χ0) is 12.4. The van der Waals surface area contributed by atoms with Crippen molar-refractivity contribution >= 4 is 5.82 Å². The molecule has 0 bridgehead atoms. The fraction of sp³-hybridized carbons (Fsp3) is 0.643. The summed E-state index contributed by atoms with van der Waals surface area (Å²) in [5.41, 5.74) is 0.883. The van der Waals surface area contributed by atoms with Gasteiger partial charge in [0.15, 0.2) is 0 Å². The number of hydrogen-bond donors (Lipinski definition) is 1. The molecule has 1 aliphatic heterocycles. The molecule has 17 heavy (non-hydrogen) atoms. The standard InChI is InChI=1S/C14H22N2O/c1-4-13-7-5-10(2)16(13)14-8-6-12(9-15-14)11(3)17/h6,8-11,13,17H,4-5,7H2,1-3H3. The number of pyridine rings is 1. The van der Waals surface area contributed by atoms with Crippen molar-refractivity contribution in [1.29, 1.82) is 0 Å². The Morgan fingerprint density at radius 1 is 1.47 bits per heavy atom. The van der Waals surface area contributed by atoms with E-state index < -0.39 is 6.10 Å². The second-order valence-electron chi connectivity index (χ2n) is 5.02. The summed E-state index contributed by atoms with van der Waals surface area (Å²) in [4.78, 5) is 6.92. The van der Waals surface area contributed by atoms with Gasteiger partial charge in [0, 0.05) is 18.3 Å². The highest BCUT2D eigenvalue weighted by atomic mass is 16.3. The van der Waals surface area contributed by atoms with E-state index in [1.165, 1.54) is 19.3 Å². The highest BCUT2D eigenvalue weighted by Crippen LogP contribution is 2.30. The van der Waals surface area contributed by atoms with Gasteiger partial charge in [-0.25, -0.2) is 4.98 Å². The maximum Gasteiger partial charge on any atom is 0.128 e. The molecule has 0 saturated carbocycles. The van der Waals surface area contributed by atoms with Crippen LogP contribution in [0.4, 0.5) is 5.82 Å². The van der Waals surface area contributed by atoms with Crippen molar-refractivity contribution in [3.63, 3.8) is 0 Å². The molecular weight excluding hydrogens is 212 g/mol. The quantitative estimate of drug-likeness (QED) is 0.873. The van der Waals surface area contributed by atoms with Crippen LogP contribution in [0.1, 0.15) is 51.7 Å². The molecule has 2 heterocycles. The highest BCUT2D eigenvalue weighted by molar-refractivity contribution is 5.43. The van der Waals surface area contributed by atoms with Crippen LogP contribution in [0.25, 0.3) is 0 Å². The Bertz CT molecular complexity index is 361.